The number of carbonyl (C=O) groups excluding carboxylic acids is 1. The van der Waals surface area contributed by atoms with Crippen molar-refractivity contribution >= 4 is 28.7 Å². The number of aromatic nitrogens is 3. The molecule has 186 valence electrons. The van der Waals surface area contributed by atoms with E-state index in [-0.39, 0.29) is 5.69 Å². The number of likely N-dealkylation sites (tertiary alicyclic amines) is 1. The highest BCUT2D eigenvalue weighted by Gasteiger charge is 2.18. The van der Waals surface area contributed by atoms with Crippen LogP contribution in [-0.4, -0.2) is 45.2 Å². The molecule has 0 radical (unpaired) electrons. The number of carbonyl (C=O) groups is 1. The highest BCUT2D eigenvalue weighted by Crippen LogP contribution is 2.34. The van der Waals surface area contributed by atoms with E-state index >= 15 is 0 Å². The van der Waals surface area contributed by atoms with Crippen LogP contribution in [-0.2, 0) is 6.42 Å². The Morgan fingerprint density at radius 1 is 1.11 bits per heavy atom. The average Bonchev–Trinajstić information content (AvgIpc) is 3.51. The lowest BCUT2D eigenvalue weighted by Crippen LogP contribution is -2.20. The molecular weight excluding hydrogens is 457 g/mol. The maximum absolute atomic E-state index is 14.0. The molecule has 0 spiro atoms. The molecule has 4 aromatic rings. The molecule has 4 N–H and O–H groups in total. The third-order valence-corrected chi connectivity index (χ3v) is 6.60. The summed E-state index contributed by atoms with van der Waals surface area (Å²) in [6.07, 6.45) is 8.01. The van der Waals surface area contributed by atoms with Gasteiger partial charge in [-0.2, -0.15) is 5.10 Å². The predicted octanol–water partition coefficient (Wildman–Crippen LogP) is 5.10. The van der Waals surface area contributed by atoms with Crippen LogP contribution in [0.5, 0.6) is 0 Å². The number of urea groups is 1. The van der Waals surface area contributed by atoms with Crippen LogP contribution in [0.1, 0.15) is 30.4 Å². The van der Waals surface area contributed by atoms with E-state index in [2.05, 4.69) is 25.6 Å². The Bertz CT molecular complexity index is 1380. The lowest BCUT2D eigenvalue weighted by Gasteiger charge is -2.14. The Hall–Kier alpha value is -3.98. The number of hydrogen-bond donors (Lipinski definition) is 3. The van der Waals surface area contributed by atoms with E-state index in [9.17, 15) is 9.18 Å². The molecule has 1 aliphatic heterocycles. The molecule has 2 aromatic heterocycles. The Labute approximate surface area is 209 Å². The maximum atomic E-state index is 14.0. The fourth-order valence-corrected chi connectivity index (χ4v) is 4.84. The molecule has 9 heteroatoms. The molecule has 8 nitrogen and oxygen atoms in total. The fourth-order valence-electron chi connectivity index (χ4n) is 4.84. The first kappa shape index (κ1) is 23.7. The number of nitrogen functional groups attached to an aromatic ring is 1. The maximum Gasteiger partial charge on any atom is 0.323 e. The number of nitrogens with zero attached hydrogens (tertiary/aromatic N) is 4. The van der Waals surface area contributed by atoms with E-state index in [1.165, 1.54) is 38.3 Å². The lowest BCUT2D eigenvalue weighted by atomic mass is 9.99. The number of aryl methyl sites for hydroxylation is 2. The van der Waals surface area contributed by atoms with Gasteiger partial charge in [0, 0.05) is 17.4 Å². The largest absolute Gasteiger partial charge is 0.382 e. The van der Waals surface area contributed by atoms with Crippen LogP contribution in [0.2, 0.25) is 0 Å². The van der Waals surface area contributed by atoms with Crippen LogP contribution in [0, 0.1) is 12.7 Å². The van der Waals surface area contributed by atoms with Crippen molar-refractivity contribution in [1.82, 2.24) is 19.5 Å². The summed E-state index contributed by atoms with van der Waals surface area (Å²) >= 11 is 0. The van der Waals surface area contributed by atoms with Gasteiger partial charge in [-0.1, -0.05) is 18.2 Å². The molecule has 2 amide bonds. The molecule has 0 saturated carbocycles. The first-order chi connectivity index (χ1) is 17.5. The van der Waals surface area contributed by atoms with Gasteiger partial charge < -0.3 is 21.3 Å². The average molecular weight is 488 g/mol. The second-order valence-electron chi connectivity index (χ2n) is 9.26. The predicted molar refractivity (Wildman–Crippen MR) is 141 cm³/mol. The summed E-state index contributed by atoms with van der Waals surface area (Å²) in [5, 5.41) is 9.69. The van der Waals surface area contributed by atoms with Crippen LogP contribution in [0.15, 0.2) is 55.0 Å². The number of anilines is 3. The van der Waals surface area contributed by atoms with Crippen molar-refractivity contribution in [2.45, 2.75) is 32.6 Å². The van der Waals surface area contributed by atoms with Crippen molar-refractivity contribution < 1.29 is 9.18 Å². The molecule has 36 heavy (non-hydrogen) atoms. The van der Waals surface area contributed by atoms with E-state index in [4.69, 9.17) is 5.73 Å². The lowest BCUT2D eigenvalue weighted by molar-refractivity contribution is 0.262. The minimum absolute atomic E-state index is 0.137. The Balaban J connectivity index is 1.34. The molecule has 3 heterocycles. The number of halogens is 1. The van der Waals surface area contributed by atoms with Crippen molar-refractivity contribution in [2.24, 2.45) is 0 Å². The minimum atomic E-state index is -0.512. The minimum Gasteiger partial charge on any atom is -0.382 e. The molecule has 1 fully saturated rings. The van der Waals surface area contributed by atoms with E-state index in [1.807, 2.05) is 37.4 Å². The SMILES string of the molecule is Cc1ccc(F)c(NC(=O)Nc2ccc(-c3c(CCCN4CCCC4)cn4ncnc(N)c34)cc2)c1. The third-order valence-electron chi connectivity index (χ3n) is 6.60. The number of nitrogens with two attached hydrogens (primary N) is 1. The summed E-state index contributed by atoms with van der Waals surface area (Å²) in [5.41, 5.74) is 11.7. The molecule has 0 unspecified atom stereocenters. The smallest absolute Gasteiger partial charge is 0.323 e. The van der Waals surface area contributed by atoms with Gasteiger partial charge in [0.1, 0.15) is 17.7 Å². The van der Waals surface area contributed by atoms with Crippen molar-refractivity contribution in [2.75, 3.05) is 36.0 Å². The summed E-state index contributed by atoms with van der Waals surface area (Å²) in [4.78, 5) is 19.1. The normalized spacial score (nSPS) is 13.8. The summed E-state index contributed by atoms with van der Waals surface area (Å²) in [6.45, 7) is 5.28. The van der Waals surface area contributed by atoms with Gasteiger partial charge in [0.15, 0.2) is 5.82 Å². The molecule has 1 saturated heterocycles. The number of rotatable bonds is 7. The van der Waals surface area contributed by atoms with Crippen LogP contribution in [0.4, 0.5) is 26.4 Å². The van der Waals surface area contributed by atoms with Crippen molar-refractivity contribution in [3.8, 4) is 11.1 Å². The number of amides is 2. The van der Waals surface area contributed by atoms with Gasteiger partial charge in [0.2, 0.25) is 0 Å². The van der Waals surface area contributed by atoms with Crippen LogP contribution in [0.3, 0.4) is 0 Å². The highest BCUT2D eigenvalue weighted by molar-refractivity contribution is 6.00. The number of benzene rings is 2. The number of nitrogens with one attached hydrogen (secondary N) is 2. The molecule has 2 aromatic carbocycles. The molecular formula is C27H30FN7O. The van der Waals surface area contributed by atoms with Gasteiger partial charge in [-0.15, -0.1) is 0 Å². The van der Waals surface area contributed by atoms with Gasteiger partial charge in [-0.05, 0) is 93.2 Å². The van der Waals surface area contributed by atoms with Crippen molar-refractivity contribution in [3.63, 3.8) is 0 Å². The first-order valence-electron chi connectivity index (χ1n) is 12.3. The Morgan fingerprint density at radius 3 is 2.67 bits per heavy atom. The van der Waals surface area contributed by atoms with E-state index in [0.717, 1.165) is 47.2 Å². The molecule has 0 bridgehead atoms. The fraction of sp³-hybridized carbons (Fsp3) is 0.296. The van der Waals surface area contributed by atoms with Crippen molar-refractivity contribution in [1.29, 1.82) is 0 Å². The van der Waals surface area contributed by atoms with E-state index in [1.54, 1.807) is 16.6 Å². The molecule has 0 atom stereocenters. The van der Waals surface area contributed by atoms with Gasteiger partial charge in [-0.3, -0.25) is 0 Å². The topological polar surface area (TPSA) is 101 Å². The zero-order chi connectivity index (χ0) is 25.1. The second kappa shape index (κ2) is 10.3. The van der Waals surface area contributed by atoms with Crippen molar-refractivity contribution in [3.05, 3.63) is 71.9 Å². The van der Waals surface area contributed by atoms with Gasteiger partial charge in [0.25, 0.3) is 0 Å². The van der Waals surface area contributed by atoms with Gasteiger partial charge in [-0.25, -0.2) is 18.7 Å². The summed E-state index contributed by atoms with van der Waals surface area (Å²) in [5.74, 6) is -0.0590. The number of fused-ring (bicyclic) bond motifs is 1. The summed E-state index contributed by atoms with van der Waals surface area (Å²) < 4.78 is 15.8. The zero-order valence-corrected chi connectivity index (χ0v) is 20.3. The summed E-state index contributed by atoms with van der Waals surface area (Å²) in [6, 6.07) is 11.6. The van der Waals surface area contributed by atoms with Gasteiger partial charge >= 0.3 is 6.03 Å². The quantitative estimate of drug-likeness (QED) is 0.337. The van der Waals surface area contributed by atoms with Gasteiger partial charge in [0.05, 0.1) is 5.69 Å². The Kier molecular flexibility index (Phi) is 6.81. The number of hydrogen-bond acceptors (Lipinski definition) is 5. The van der Waals surface area contributed by atoms with Crippen LogP contribution < -0.4 is 16.4 Å². The van der Waals surface area contributed by atoms with Crippen LogP contribution >= 0.6 is 0 Å². The first-order valence-corrected chi connectivity index (χ1v) is 12.3. The Morgan fingerprint density at radius 2 is 1.89 bits per heavy atom. The standard InChI is InChI=1S/C27H30FN7O/c1-18-6-11-22(28)23(15-18)33-27(36)32-21-9-7-19(8-10-21)24-20(5-4-14-34-12-2-3-13-34)16-35-25(24)26(29)30-17-31-35/h6-11,15-17H,2-5,12-14H2,1H3,(H2,29,30,31)(H2,32,33,36). The second-order valence-corrected chi connectivity index (χ2v) is 9.26. The van der Waals surface area contributed by atoms with Crippen LogP contribution in [0.25, 0.3) is 16.6 Å². The van der Waals surface area contributed by atoms with E-state index in [0.29, 0.717) is 11.5 Å². The monoisotopic (exact) mass is 487 g/mol. The highest BCUT2D eigenvalue weighted by atomic mass is 19.1. The summed E-state index contributed by atoms with van der Waals surface area (Å²) in [7, 11) is 0. The van der Waals surface area contributed by atoms with E-state index < -0.39 is 11.8 Å². The third kappa shape index (κ3) is 5.16. The molecule has 0 aliphatic carbocycles. The molecule has 5 rings (SSSR count). The molecule has 1 aliphatic rings. The zero-order valence-electron chi connectivity index (χ0n) is 20.3.